The van der Waals surface area contributed by atoms with Crippen molar-refractivity contribution < 1.29 is 9.64 Å². The smallest absolute Gasteiger partial charge is 0.209 e. The third-order valence-corrected chi connectivity index (χ3v) is 5.18. The Labute approximate surface area is 162 Å². The molecule has 0 aliphatic carbocycles. The van der Waals surface area contributed by atoms with Gasteiger partial charge in [-0.15, -0.1) is 5.10 Å². The third kappa shape index (κ3) is 4.91. The van der Waals surface area contributed by atoms with Crippen molar-refractivity contribution in [2.24, 2.45) is 0 Å². The molecule has 7 heteroatoms. The van der Waals surface area contributed by atoms with E-state index in [1.54, 1.807) is 7.11 Å². The Balaban J connectivity index is 1.64. The van der Waals surface area contributed by atoms with E-state index in [-0.39, 0.29) is 0 Å². The first-order valence-electron chi connectivity index (χ1n) is 8.39. The number of rotatable bonds is 7. The van der Waals surface area contributed by atoms with Gasteiger partial charge in [0.05, 0.1) is 14.2 Å². The molecular formula is C19H23N4OS2+. The van der Waals surface area contributed by atoms with Gasteiger partial charge in [0.2, 0.25) is 5.13 Å². The topological polar surface area (TPSA) is 43.5 Å². The highest BCUT2D eigenvalue weighted by molar-refractivity contribution is 7.73. The lowest BCUT2D eigenvalue weighted by molar-refractivity contribution is -0.917. The number of hydrogen-bond donors (Lipinski definition) is 2. The molecule has 2 N–H and O–H groups in total. The van der Waals surface area contributed by atoms with Gasteiger partial charge in [0.15, 0.2) is 10.6 Å². The van der Waals surface area contributed by atoms with Gasteiger partial charge in [-0.05, 0) is 61.1 Å². The molecule has 0 bridgehead atoms. The minimum atomic E-state index is 0.719. The molecule has 0 saturated heterocycles. The Morgan fingerprint density at radius 1 is 1.23 bits per heavy atom. The van der Waals surface area contributed by atoms with E-state index >= 15 is 0 Å². The fraction of sp³-hybridized carbons (Fsp3) is 0.263. The Hall–Kier alpha value is -2.22. The number of nitrogens with one attached hydrogen (secondary N) is 2. The van der Waals surface area contributed by atoms with Gasteiger partial charge in [-0.25, -0.2) is 0 Å². The summed E-state index contributed by atoms with van der Waals surface area (Å²) in [7, 11) is 3.82. The molecule has 5 nitrogen and oxygen atoms in total. The van der Waals surface area contributed by atoms with Crippen molar-refractivity contribution in [3.63, 3.8) is 0 Å². The van der Waals surface area contributed by atoms with Gasteiger partial charge in [0.1, 0.15) is 12.3 Å². The molecule has 1 atom stereocenters. The standard InChI is InChI=1S/C19H22N4OS2/c1-14-5-4-6-16(11-14)20-18-21-23(19(25)26-18)13-22(2)12-15-7-9-17(24-3)10-8-15/h4-11H,12-13H2,1-3H3,(H,20,21)/p+1. The molecule has 1 unspecified atom stereocenters. The average Bonchev–Trinajstić information content (AvgIpc) is 2.94. The summed E-state index contributed by atoms with van der Waals surface area (Å²) in [6.45, 7) is 3.68. The van der Waals surface area contributed by atoms with Crippen LogP contribution in [0, 0.1) is 10.9 Å². The van der Waals surface area contributed by atoms with E-state index in [1.807, 2.05) is 28.9 Å². The lowest BCUT2D eigenvalue weighted by Crippen LogP contribution is -3.07. The molecule has 0 aliphatic rings. The molecule has 0 fully saturated rings. The second-order valence-electron chi connectivity index (χ2n) is 6.31. The van der Waals surface area contributed by atoms with Gasteiger partial charge in [-0.3, -0.25) is 0 Å². The zero-order chi connectivity index (χ0) is 18.5. The van der Waals surface area contributed by atoms with Crippen molar-refractivity contribution in [2.45, 2.75) is 20.1 Å². The Kier molecular flexibility index (Phi) is 6.03. The normalized spacial score (nSPS) is 12.0. The highest BCUT2D eigenvalue weighted by atomic mass is 32.1. The Bertz CT molecular complexity index is 918. The van der Waals surface area contributed by atoms with Gasteiger partial charge in [-0.1, -0.05) is 23.5 Å². The maximum Gasteiger partial charge on any atom is 0.209 e. The van der Waals surface area contributed by atoms with Crippen molar-refractivity contribution in [1.29, 1.82) is 0 Å². The molecule has 0 amide bonds. The number of quaternary nitrogens is 1. The highest BCUT2D eigenvalue weighted by Gasteiger charge is 2.10. The van der Waals surface area contributed by atoms with E-state index in [2.05, 4.69) is 48.7 Å². The van der Waals surface area contributed by atoms with Crippen LogP contribution in [0.25, 0.3) is 0 Å². The summed E-state index contributed by atoms with van der Waals surface area (Å²) in [4.78, 5) is 1.30. The molecule has 1 aromatic heterocycles. The zero-order valence-electron chi connectivity index (χ0n) is 15.2. The number of methoxy groups -OCH3 is 1. The van der Waals surface area contributed by atoms with Crippen LogP contribution in [0.2, 0.25) is 0 Å². The third-order valence-electron chi connectivity index (χ3n) is 3.96. The lowest BCUT2D eigenvalue weighted by atomic mass is 10.2. The molecule has 136 valence electrons. The van der Waals surface area contributed by atoms with Gasteiger partial charge >= 0.3 is 0 Å². The largest absolute Gasteiger partial charge is 0.497 e. The Morgan fingerprint density at radius 2 is 2.00 bits per heavy atom. The molecule has 0 saturated carbocycles. The highest BCUT2D eigenvalue weighted by Crippen LogP contribution is 2.20. The van der Waals surface area contributed by atoms with Crippen molar-refractivity contribution in [2.75, 3.05) is 19.5 Å². The van der Waals surface area contributed by atoms with E-state index < -0.39 is 0 Å². The number of hydrogen-bond acceptors (Lipinski definition) is 5. The van der Waals surface area contributed by atoms with Crippen molar-refractivity contribution in [3.8, 4) is 5.75 Å². The second-order valence-corrected chi connectivity index (χ2v) is 7.93. The van der Waals surface area contributed by atoms with Crippen LogP contribution in [0.15, 0.2) is 48.5 Å². The lowest BCUT2D eigenvalue weighted by Gasteiger charge is -2.14. The molecule has 0 radical (unpaired) electrons. The molecule has 0 spiro atoms. The summed E-state index contributed by atoms with van der Waals surface area (Å²) in [5.41, 5.74) is 3.49. The minimum Gasteiger partial charge on any atom is -0.497 e. The predicted octanol–water partition coefficient (Wildman–Crippen LogP) is 3.41. The number of aromatic nitrogens is 2. The summed E-state index contributed by atoms with van der Waals surface area (Å²) in [6.07, 6.45) is 0. The molecule has 3 aromatic rings. The first-order chi connectivity index (χ1) is 12.5. The van der Waals surface area contributed by atoms with E-state index in [4.69, 9.17) is 17.0 Å². The fourth-order valence-corrected chi connectivity index (χ4v) is 3.73. The summed E-state index contributed by atoms with van der Waals surface area (Å²) in [5, 5.41) is 8.78. The van der Waals surface area contributed by atoms with Crippen LogP contribution in [0.4, 0.5) is 10.8 Å². The van der Waals surface area contributed by atoms with Gasteiger partial charge in [0, 0.05) is 11.3 Å². The first-order valence-corrected chi connectivity index (χ1v) is 9.62. The SMILES string of the molecule is COc1ccc(C[NH+](C)Cn2nc(Nc3cccc(C)c3)sc2=S)cc1. The van der Waals surface area contributed by atoms with Crippen LogP contribution in [-0.2, 0) is 13.2 Å². The Morgan fingerprint density at radius 3 is 2.69 bits per heavy atom. The minimum absolute atomic E-state index is 0.719. The van der Waals surface area contributed by atoms with Crippen molar-refractivity contribution in [1.82, 2.24) is 9.78 Å². The second kappa shape index (κ2) is 8.44. The number of aryl methyl sites for hydroxylation is 1. The number of ether oxygens (including phenoxy) is 1. The van der Waals surface area contributed by atoms with Crippen LogP contribution >= 0.6 is 23.6 Å². The molecule has 3 rings (SSSR count). The molecule has 2 aromatic carbocycles. The molecule has 0 aliphatic heterocycles. The maximum atomic E-state index is 5.48. The number of anilines is 2. The van der Waals surface area contributed by atoms with Crippen LogP contribution in [0.5, 0.6) is 5.75 Å². The van der Waals surface area contributed by atoms with Crippen LogP contribution in [0.3, 0.4) is 0 Å². The van der Waals surface area contributed by atoms with Crippen LogP contribution in [-0.4, -0.2) is 23.9 Å². The number of nitrogens with zero attached hydrogens (tertiary/aromatic N) is 2. The average molecular weight is 388 g/mol. The number of benzene rings is 2. The van der Waals surface area contributed by atoms with Gasteiger partial charge in [-0.2, -0.15) is 4.68 Å². The van der Waals surface area contributed by atoms with Crippen LogP contribution < -0.4 is 15.0 Å². The first kappa shape index (κ1) is 18.6. The molecule has 1 heterocycles. The fourth-order valence-electron chi connectivity index (χ4n) is 2.71. The van der Waals surface area contributed by atoms with Crippen LogP contribution in [0.1, 0.15) is 11.1 Å². The monoisotopic (exact) mass is 387 g/mol. The van der Waals surface area contributed by atoms with Gasteiger partial charge in [0.25, 0.3) is 0 Å². The molecule has 26 heavy (non-hydrogen) atoms. The van der Waals surface area contributed by atoms with Crippen molar-refractivity contribution in [3.05, 3.63) is 63.6 Å². The van der Waals surface area contributed by atoms with E-state index in [0.29, 0.717) is 0 Å². The summed E-state index contributed by atoms with van der Waals surface area (Å²) >= 11 is 6.97. The summed E-state index contributed by atoms with van der Waals surface area (Å²) in [6, 6.07) is 16.4. The van der Waals surface area contributed by atoms with Gasteiger partial charge < -0.3 is 15.0 Å². The molecular weight excluding hydrogens is 364 g/mol. The van der Waals surface area contributed by atoms with E-state index in [0.717, 1.165) is 33.7 Å². The predicted molar refractivity (Wildman–Crippen MR) is 109 cm³/mol. The van der Waals surface area contributed by atoms with E-state index in [9.17, 15) is 0 Å². The summed E-state index contributed by atoms with van der Waals surface area (Å²) in [5.74, 6) is 0.875. The van der Waals surface area contributed by atoms with Crippen molar-refractivity contribution >= 4 is 34.4 Å². The summed E-state index contributed by atoms with van der Waals surface area (Å²) < 4.78 is 7.86. The quantitative estimate of drug-likeness (QED) is 0.610. The van der Waals surface area contributed by atoms with E-state index in [1.165, 1.54) is 27.4 Å². The maximum absolute atomic E-state index is 5.48. The zero-order valence-corrected chi connectivity index (χ0v) is 16.8.